The number of pyridine rings is 1. The van der Waals surface area contributed by atoms with Crippen molar-refractivity contribution in [3.63, 3.8) is 0 Å². The quantitative estimate of drug-likeness (QED) is 0.673. The van der Waals surface area contributed by atoms with Crippen LogP contribution in [0.3, 0.4) is 0 Å². The van der Waals surface area contributed by atoms with Gasteiger partial charge in [-0.15, -0.1) is 13.2 Å². The van der Waals surface area contributed by atoms with E-state index in [-0.39, 0.29) is 14.8 Å². The fourth-order valence-corrected chi connectivity index (χ4v) is 1.67. The van der Waals surface area contributed by atoms with Crippen LogP contribution in [0.5, 0.6) is 5.75 Å². The Balaban J connectivity index is 3.21. The summed E-state index contributed by atoms with van der Waals surface area (Å²) >= 11 is 1.51. The van der Waals surface area contributed by atoms with Crippen molar-refractivity contribution in [3.8, 4) is 5.75 Å². The number of rotatable bonds is 3. The maximum absolute atomic E-state index is 12.4. The monoisotopic (exact) mass is 351 g/mol. The second-order valence-electron chi connectivity index (χ2n) is 2.71. The van der Waals surface area contributed by atoms with Gasteiger partial charge in [0.15, 0.2) is 5.75 Å². The van der Waals surface area contributed by atoms with Gasteiger partial charge in [-0.05, 0) is 22.6 Å². The van der Waals surface area contributed by atoms with Crippen molar-refractivity contribution < 1.29 is 27.4 Å². The summed E-state index contributed by atoms with van der Waals surface area (Å²) < 4.78 is 52.2. The van der Waals surface area contributed by atoms with E-state index in [4.69, 9.17) is 5.11 Å². The Morgan fingerprint density at radius 3 is 2.50 bits per heavy atom. The lowest BCUT2D eigenvalue weighted by Gasteiger charge is -2.14. The summed E-state index contributed by atoms with van der Waals surface area (Å²) in [7, 11) is 0. The number of ether oxygens (including phenoxy) is 1. The molecule has 0 saturated carbocycles. The van der Waals surface area contributed by atoms with Gasteiger partial charge in [0, 0.05) is 11.8 Å². The SMILES string of the molecule is OCc1ncc(CF)c(I)c1OC(F)(F)F. The fourth-order valence-electron chi connectivity index (χ4n) is 0.969. The van der Waals surface area contributed by atoms with Gasteiger partial charge in [-0.1, -0.05) is 0 Å². The van der Waals surface area contributed by atoms with Gasteiger partial charge in [-0.2, -0.15) is 0 Å². The largest absolute Gasteiger partial charge is 0.573 e. The van der Waals surface area contributed by atoms with Crippen molar-refractivity contribution in [2.75, 3.05) is 0 Å². The van der Waals surface area contributed by atoms with Crippen molar-refractivity contribution in [2.24, 2.45) is 0 Å². The normalized spacial score (nSPS) is 11.6. The first kappa shape index (κ1) is 13.4. The van der Waals surface area contributed by atoms with Gasteiger partial charge in [0.1, 0.15) is 12.4 Å². The number of alkyl halides is 4. The Labute approximate surface area is 102 Å². The van der Waals surface area contributed by atoms with E-state index in [0.29, 0.717) is 0 Å². The molecule has 8 heteroatoms. The van der Waals surface area contributed by atoms with Crippen LogP contribution in [0.2, 0.25) is 0 Å². The van der Waals surface area contributed by atoms with Gasteiger partial charge in [0.25, 0.3) is 0 Å². The second-order valence-corrected chi connectivity index (χ2v) is 3.79. The highest BCUT2D eigenvalue weighted by atomic mass is 127. The molecule has 0 atom stereocenters. The summed E-state index contributed by atoms with van der Waals surface area (Å²) in [5.41, 5.74) is -0.295. The molecule has 0 spiro atoms. The second kappa shape index (κ2) is 5.13. The lowest BCUT2D eigenvalue weighted by molar-refractivity contribution is -0.275. The maximum atomic E-state index is 12.4. The van der Waals surface area contributed by atoms with Gasteiger partial charge in [0.2, 0.25) is 0 Å². The molecule has 1 N–H and O–H groups in total. The van der Waals surface area contributed by atoms with Crippen LogP contribution >= 0.6 is 22.6 Å². The first-order valence-corrected chi connectivity index (χ1v) is 5.05. The number of aliphatic hydroxyl groups excluding tert-OH is 1. The molecule has 0 radical (unpaired) electrons. The molecule has 1 aromatic rings. The molecule has 3 nitrogen and oxygen atoms in total. The zero-order chi connectivity index (χ0) is 12.3. The van der Waals surface area contributed by atoms with Crippen LogP contribution in [0.1, 0.15) is 11.3 Å². The first-order valence-electron chi connectivity index (χ1n) is 3.98. The Hall–Kier alpha value is -0.640. The highest BCUT2D eigenvalue weighted by Crippen LogP contribution is 2.32. The van der Waals surface area contributed by atoms with E-state index < -0.39 is 25.4 Å². The molecule has 0 amide bonds. The van der Waals surface area contributed by atoms with Gasteiger partial charge < -0.3 is 9.84 Å². The number of nitrogens with zero attached hydrogens (tertiary/aromatic N) is 1. The van der Waals surface area contributed by atoms with Crippen molar-refractivity contribution in [2.45, 2.75) is 19.6 Å². The van der Waals surface area contributed by atoms with Gasteiger partial charge >= 0.3 is 6.36 Å². The molecule has 0 bridgehead atoms. The number of hydrogen-bond acceptors (Lipinski definition) is 3. The molecular weight excluding hydrogens is 345 g/mol. The smallest absolute Gasteiger partial charge is 0.403 e. The molecule has 0 aliphatic rings. The number of aromatic nitrogens is 1. The molecule has 1 rings (SSSR count). The molecule has 1 aromatic heterocycles. The van der Waals surface area contributed by atoms with Crippen LogP contribution in [0, 0.1) is 3.57 Å². The predicted molar refractivity (Wildman–Crippen MR) is 54.4 cm³/mol. The van der Waals surface area contributed by atoms with Crippen molar-refractivity contribution in [1.29, 1.82) is 0 Å². The molecule has 1 heterocycles. The number of hydrogen-bond donors (Lipinski definition) is 1. The minimum absolute atomic E-state index is 0.0166. The maximum Gasteiger partial charge on any atom is 0.573 e. The van der Waals surface area contributed by atoms with E-state index in [1.165, 1.54) is 22.6 Å². The van der Waals surface area contributed by atoms with Crippen LogP contribution in [-0.2, 0) is 13.3 Å². The van der Waals surface area contributed by atoms with Gasteiger partial charge in [-0.25, -0.2) is 4.39 Å². The highest BCUT2D eigenvalue weighted by molar-refractivity contribution is 14.1. The molecule has 16 heavy (non-hydrogen) atoms. The van der Waals surface area contributed by atoms with E-state index in [0.717, 1.165) is 6.20 Å². The first-order chi connectivity index (χ1) is 7.39. The molecule has 0 aliphatic carbocycles. The van der Waals surface area contributed by atoms with E-state index >= 15 is 0 Å². The molecule has 0 saturated heterocycles. The zero-order valence-corrected chi connectivity index (χ0v) is 9.84. The minimum atomic E-state index is -4.90. The summed E-state index contributed by atoms with van der Waals surface area (Å²) in [6.45, 7) is -1.67. The number of aliphatic hydroxyl groups is 1. The van der Waals surface area contributed by atoms with Gasteiger partial charge in [0.05, 0.1) is 10.2 Å². The predicted octanol–water partition coefficient (Wildman–Crippen LogP) is 2.55. The zero-order valence-electron chi connectivity index (χ0n) is 7.68. The van der Waals surface area contributed by atoms with Crippen molar-refractivity contribution in [1.82, 2.24) is 4.98 Å². The van der Waals surface area contributed by atoms with E-state index in [2.05, 4.69) is 9.72 Å². The molecule has 0 fully saturated rings. The summed E-state index contributed by atoms with van der Waals surface area (Å²) in [6, 6.07) is 0. The summed E-state index contributed by atoms with van der Waals surface area (Å²) in [6.07, 6.45) is -3.84. The van der Waals surface area contributed by atoms with E-state index in [1.54, 1.807) is 0 Å². The van der Waals surface area contributed by atoms with Crippen LogP contribution < -0.4 is 4.74 Å². The molecule has 0 aliphatic heterocycles. The van der Waals surface area contributed by atoms with E-state index in [9.17, 15) is 17.6 Å². The Morgan fingerprint density at radius 2 is 2.06 bits per heavy atom. The third kappa shape index (κ3) is 3.17. The van der Waals surface area contributed by atoms with Crippen molar-refractivity contribution >= 4 is 22.6 Å². The average molecular weight is 351 g/mol. The van der Waals surface area contributed by atoms with Gasteiger partial charge in [-0.3, -0.25) is 4.98 Å². The summed E-state index contributed by atoms with van der Waals surface area (Å²) in [4.78, 5) is 3.49. The third-order valence-electron chi connectivity index (χ3n) is 1.63. The molecule has 0 aromatic carbocycles. The topological polar surface area (TPSA) is 42.4 Å². The third-order valence-corrected chi connectivity index (χ3v) is 2.81. The Kier molecular flexibility index (Phi) is 4.30. The van der Waals surface area contributed by atoms with E-state index in [1.807, 2.05) is 0 Å². The molecule has 90 valence electrons. The summed E-state index contributed by atoms with van der Waals surface area (Å²) in [5, 5.41) is 8.80. The minimum Gasteiger partial charge on any atom is -0.403 e. The van der Waals surface area contributed by atoms with Crippen molar-refractivity contribution in [3.05, 3.63) is 21.0 Å². The van der Waals surface area contributed by atoms with Crippen LogP contribution in [0.25, 0.3) is 0 Å². The number of halogens is 5. The molecule has 0 unspecified atom stereocenters. The lowest BCUT2D eigenvalue weighted by atomic mass is 10.2. The average Bonchev–Trinajstić information content (AvgIpc) is 2.19. The Morgan fingerprint density at radius 1 is 1.44 bits per heavy atom. The Bertz CT molecular complexity index is 383. The fraction of sp³-hybridized carbons (Fsp3) is 0.375. The van der Waals surface area contributed by atoms with Crippen LogP contribution in [0.15, 0.2) is 6.20 Å². The standard InChI is InChI=1S/C8H6F4INO2/c9-1-4-2-14-5(3-15)7(6(4)13)16-8(10,11)12/h2,15H,1,3H2. The summed E-state index contributed by atoms with van der Waals surface area (Å²) in [5.74, 6) is -0.647. The van der Waals surface area contributed by atoms with Crippen LogP contribution in [0.4, 0.5) is 17.6 Å². The highest BCUT2D eigenvalue weighted by Gasteiger charge is 2.33. The van der Waals surface area contributed by atoms with Crippen LogP contribution in [-0.4, -0.2) is 16.5 Å². The molecular formula is C8H6F4INO2. The lowest BCUT2D eigenvalue weighted by Crippen LogP contribution is -2.20.